The third-order valence-corrected chi connectivity index (χ3v) is 5.26. The van der Waals surface area contributed by atoms with Crippen LogP contribution in [0.2, 0.25) is 0 Å². The van der Waals surface area contributed by atoms with Crippen molar-refractivity contribution in [1.82, 2.24) is 16.0 Å². The summed E-state index contributed by atoms with van der Waals surface area (Å²) in [6.07, 6.45) is 1.77. The Labute approximate surface area is 186 Å². The molecule has 0 spiro atoms. The normalized spacial score (nSPS) is 26.4. The van der Waals surface area contributed by atoms with E-state index in [1.165, 1.54) is 0 Å². The molecule has 2 aliphatic rings. The van der Waals surface area contributed by atoms with E-state index in [0.29, 0.717) is 25.7 Å². The van der Waals surface area contributed by atoms with Gasteiger partial charge in [-0.2, -0.15) is 0 Å². The van der Waals surface area contributed by atoms with E-state index in [4.69, 9.17) is 18.9 Å². The van der Waals surface area contributed by atoms with Gasteiger partial charge in [0.25, 0.3) is 0 Å². The summed E-state index contributed by atoms with van der Waals surface area (Å²) in [6.45, 7) is 12.8. The van der Waals surface area contributed by atoms with E-state index in [-0.39, 0.29) is 24.2 Å². The highest BCUT2D eigenvalue weighted by Gasteiger charge is 2.55. The molecule has 1 heterocycles. The highest BCUT2D eigenvalue weighted by Crippen LogP contribution is 2.39. The van der Waals surface area contributed by atoms with Gasteiger partial charge in [-0.3, -0.25) is 0 Å². The first-order chi connectivity index (χ1) is 14.4. The van der Waals surface area contributed by atoms with Gasteiger partial charge in [0.15, 0.2) is 0 Å². The fraction of sp³-hybridized carbons (Fsp3) is 0.909. The van der Waals surface area contributed by atoms with Crippen LogP contribution in [0.15, 0.2) is 0 Å². The molecule has 5 unspecified atom stereocenters. The maximum Gasteiger partial charge on any atom is 0.407 e. The van der Waals surface area contributed by atoms with E-state index in [9.17, 15) is 9.59 Å². The zero-order valence-electron chi connectivity index (χ0n) is 20.1. The smallest absolute Gasteiger partial charge is 0.407 e. The van der Waals surface area contributed by atoms with Gasteiger partial charge in [0.05, 0.1) is 24.8 Å². The Kier molecular flexibility index (Phi) is 8.97. The Bertz CT molecular complexity index is 601. The Morgan fingerprint density at radius 1 is 1.03 bits per heavy atom. The first-order valence-electron chi connectivity index (χ1n) is 11.2. The van der Waals surface area contributed by atoms with Crippen molar-refractivity contribution in [2.24, 2.45) is 5.92 Å². The van der Waals surface area contributed by atoms with Crippen LogP contribution in [0.5, 0.6) is 0 Å². The zero-order valence-corrected chi connectivity index (χ0v) is 20.1. The molecule has 0 aromatic rings. The topological polar surface area (TPSA) is 107 Å². The van der Waals surface area contributed by atoms with Crippen LogP contribution < -0.4 is 16.0 Å². The molecule has 2 rings (SSSR count). The Morgan fingerprint density at radius 2 is 1.68 bits per heavy atom. The van der Waals surface area contributed by atoms with Crippen LogP contribution in [0, 0.1) is 5.92 Å². The lowest BCUT2D eigenvalue weighted by atomic mass is 9.71. The molecule has 0 aromatic carbocycles. The third-order valence-electron chi connectivity index (χ3n) is 5.26. The van der Waals surface area contributed by atoms with Crippen LogP contribution in [-0.4, -0.2) is 74.5 Å². The molecular weight excluding hydrogens is 402 g/mol. The molecule has 1 aliphatic heterocycles. The summed E-state index contributed by atoms with van der Waals surface area (Å²) >= 11 is 0. The minimum atomic E-state index is -0.540. The van der Waals surface area contributed by atoms with Crippen LogP contribution in [0.3, 0.4) is 0 Å². The van der Waals surface area contributed by atoms with E-state index >= 15 is 0 Å². The Morgan fingerprint density at radius 3 is 2.29 bits per heavy atom. The van der Waals surface area contributed by atoms with Crippen molar-refractivity contribution in [3.63, 3.8) is 0 Å². The number of alkyl carbamates (subject to hydrolysis) is 2. The molecule has 0 radical (unpaired) electrons. The number of fused-ring (bicyclic) bond motifs is 1. The summed E-state index contributed by atoms with van der Waals surface area (Å²) in [5.41, 5.74) is -1.05. The van der Waals surface area contributed by atoms with Crippen molar-refractivity contribution in [2.45, 2.75) is 96.2 Å². The Balaban J connectivity index is 1.84. The minimum absolute atomic E-state index is 0.000941. The standard InChI is InChI=1S/C22H41N3O6/c1-21(2,3)30-19(26)23-11-8-9-14(13-28-7)24-17-16(15-10-12-29-18(15)17)25-20(27)31-22(4,5)6/h14-18,24H,8-13H2,1-7H3,(H,23,26)(H,25,27). The van der Waals surface area contributed by atoms with Crippen molar-refractivity contribution in [3.8, 4) is 0 Å². The molecule has 31 heavy (non-hydrogen) atoms. The first-order valence-corrected chi connectivity index (χ1v) is 11.2. The number of ether oxygens (including phenoxy) is 4. The second-order valence-electron chi connectivity index (χ2n) is 10.4. The number of nitrogens with one attached hydrogen (secondary N) is 3. The molecule has 0 aromatic heterocycles. The van der Waals surface area contributed by atoms with Crippen LogP contribution in [0.4, 0.5) is 9.59 Å². The van der Waals surface area contributed by atoms with Crippen LogP contribution in [0.25, 0.3) is 0 Å². The predicted octanol–water partition coefficient (Wildman–Crippen LogP) is 2.58. The van der Waals surface area contributed by atoms with Crippen molar-refractivity contribution in [1.29, 1.82) is 0 Å². The molecule has 0 bridgehead atoms. The van der Waals surface area contributed by atoms with Gasteiger partial charge in [0.2, 0.25) is 0 Å². The van der Waals surface area contributed by atoms with Crippen LogP contribution in [0.1, 0.15) is 60.8 Å². The summed E-state index contributed by atoms with van der Waals surface area (Å²) in [7, 11) is 1.67. The number of rotatable bonds is 9. The molecule has 5 atom stereocenters. The minimum Gasteiger partial charge on any atom is -0.444 e. The second-order valence-corrected chi connectivity index (χ2v) is 10.4. The lowest BCUT2D eigenvalue weighted by molar-refractivity contribution is -0.0411. The number of hydrogen-bond acceptors (Lipinski definition) is 7. The molecule has 180 valence electrons. The predicted molar refractivity (Wildman–Crippen MR) is 117 cm³/mol. The molecule has 9 nitrogen and oxygen atoms in total. The van der Waals surface area contributed by atoms with Crippen molar-refractivity contribution >= 4 is 12.2 Å². The maximum atomic E-state index is 12.3. The molecule has 2 fully saturated rings. The van der Waals surface area contributed by atoms with E-state index in [1.54, 1.807) is 7.11 Å². The van der Waals surface area contributed by atoms with Gasteiger partial charge in [0.1, 0.15) is 11.2 Å². The molecule has 1 aliphatic carbocycles. The lowest BCUT2D eigenvalue weighted by Gasteiger charge is -2.49. The van der Waals surface area contributed by atoms with E-state index in [2.05, 4.69) is 16.0 Å². The maximum absolute atomic E-state index is 12.3. The largest absolute Gasteiger partial charge is 0.444 e. The van der Waals surface area contributed by atoms with Gasteiger partial charge in [0, 0.05) is 32.2 Å². The van der Waals surface area contributed by atoms with Crippen molar-refractivity contribution < 1.29 is 28.5 Å². The average Bonchev–Trinajstić information content (AvgIpc) is 3.02. The summed E-state index contributed by atoms with van der Waals surface area (Å²) in [5.74, 6) is 0.294. The fourth-order valence-electron chi connectivity index (χ4n) is 4.09. The lowest BCUT2D eigenvalue weighted by Crippen LogP contribution is -2.71. The van der Waals surface area contributed by atoms with Gasteiger partial charge in [-0.15, -0.1) is 0 Å². The molecular formula is C22H41N3O6. The molecule has 9 heteroatoms. The quantitative estimate of drug-likeness (QED) is 0.470. The molecule has 3 N–H and O–H groups in total. The number of carbonyl (C=O) groups excluding carboxylic acids is 2. The van der Waals surface area contributed by atoms with Gasteiger partial charge in [-0.1, -0.05) is 0 Å². The molecule has 1 saturated carbocycles. The summed E-state index contributed by atoms with van der Waals surface area (Å²) in [4.78, 5) is 24.1. The van der Waals surface area contributed by atoms with E-state index in [1.807, 2.05) is 41.5 Å². The van der Waals surface area contributed by atoms with Gasteiger partial charge in [-0.25, -0.2) is 9.59 Å². The summed E-state index contributed by atoms with van der Waals surface area (Å²) in [6, 6.07) is 0.0316. The van der Waals surface area contributed by atoms with Gasteiger partial charge < -0.3 is 34.9 Å². The Hall–Kier alpha value is -1.58. The van der Waals surface area contributed by atoms with Crippen molar-refractivity contribution in [2.75, 3.05) is 26.9 Å². The highest BCUT2D eigenvalue weighted by atomic mass is 16.6. The molecule has 2 amide bonds. The number of carbonyl (C=O) groups is 2. The van der Waals surface area contributed by atoms with Crippen LogP contribution >= 0.6 is 0 Å². The van der Waals surface area contributed by atoms with Gasteiger partial charge in [-0.05, 0) is 60.8 Å². The van der Waals surface area contributed by atoms with E-state index < -0.39 is 23.4 Å². The highest BCUT2D eigenvalue weighted by molar-refractivity contribution is 5.68. The number of hydrogen-bond donors (Lipinski definition) is 3. The molecule has 1 saturated heterocycles. The number of methoxy groups -OCH3 is 1. The number of amides is 2. The first kappa shape index (κ1) is 25.7. The zero-order chi connectivity index (χ0) is 23.2. The van der Waals surface area contributed by atoms with E-state index in [0.717, 1.165) is 19.3 Å². The SMILES string of the molecule is COCC(CCCNC(=O)OC(C)(C)C)NC1C(NC(=O)OC(C)(C)C)C2CCOC21. The van der Waals surface area contributed by atoms with Crippen LogP contribution in [-0.2, 0) is 18.9 Å². The summed E-state index contributed by atoms with van der Waals surface area (Å²) < 4.78 is 22.0. The van der Waals surface area contributed by atoms with Crippen molar-refractivity contribution in [3.05, 3.63) is 0 Å². The average molecular weight is 444 g/mol. The third kappa shape index (κ3) is 8.46. The fourth-order valence-corrected chi connectivity index (χ4v) is 4.09. The van der Waals surface area contributed by atoms with Gasteiger partial charge >= 0.3 is 12.2 Å². The monoisotopic (exact) mass is 443 g/mol. The second kappa shape index (κ2) is 10.8. The summed E-state index contributed by atoms with van der Waals surface area (Å²) in [5, 5.41) is 9.42.